The normalized spacial score (nSPS) is 40.3. The number of ether oxygens (including phenoxy) is 3. The van der Waals surface area contributed by atoms with Crippen LogP contribution in [0.4, 0.5) is 0 Å². The number of esters is 1. The van der Waals surface area contributed by atoms with Crippen LogP contribution in [0.25, 0.3) is 0 Å². The van der Waals surface area contributed by atoms with E-state index in [-0.39, 0.29) is 22.9 Å². The van der Waals surface area contributed by atoms with Gasteiger partial charge in [-0.05, 0) is 70.1 Å². The lowest BCUT2D eigenvalue weighted by atomic mass is 9.79. The van der Waals surface area contributed by atoms with Gasteiger partial charge in [-0.2, -0.15) is 0 Å². The monoisotopic (exact) mass is 364 g/mol. The molecule has 0 radical (unpaired) electrons. The number of carbonyl (C=O) groups is 1. The third-order valence-corrected chi connectivity index (χ3v) is 8.26. The Bertz CT molecular complexity index is 533. The maximum atomic E-state index is 12.6. The highest BCUT2D eigenvalue weighted by Gasteiger charge is 2.59. The van der Waals surface area contributed by atoms with Crippen LogP contribution in [0.15, 0.2) is 0 Å². The van der Waals surface area contributed by atoms with Gasteiger partial charge in [-0.1, -0.05) is 13.8 Å². The molecule has 0 aromatic carbocycles. The summed E-state index contributed by atoms with van der Waals surface area (Å²) in [5.74, 6) is 2.65. The summed E-state index contributed by atoms with van der Waals surface area (Å²) in [5, 5.41) is 0. The predicted molar refractivity (Wildman–Crippen MR) is 99.7 cm³/mol. The summed E-state index contributed by atoms with van der Waals surface area (Å²) < 4.78 is 18.0. The quantitative estimate of drug-likeness (QED) is 0.635. The second kappa shape index (κ2) is 6.77. The van der Waals surface area contributed by atoms with Crippen LogP contribution in [0, 0.1) is 34.5 Å². The molecule has 3 saturated carbocycles. The van der Waals surface area contributed by atoms with Gasteiger partial charge >= 0.3 is 5.97 Å². The molecular formula is C22H36O4. The molecule has 4 fully saturated rings. The SMILES string of the molecule is CCC1(COC2CCC3C4CC(OC(=O)C(C)(C)CC)C(C4)C23)COC1. The first-order valence-electron chi connectivity index (χ1n) is 10.8. The van der Waals surface area contributed by atoms with Gasteiger partial charge in [-0.15, -0.1) is 0 Å². The van der Waals surface area contributed by atoms with Crippen LogP contribution in [-0.4, -0.2) is 38.0 Å². The van der Waals surface area contributed by atoms with Crippen molar-refractivity contribution in [3.63, 3.8) is 0 Å². The summed E-state index contributed by atoms with van der Waals surface area (Å²) >= 11 is 0. The minimum absolute atomic E-state index is 0.0129. The van der Waals surface area contributed by atoms with E-state index in [0.29, 0.717) is 17.9 Å². The van der Waals surface area contributed by atoms with E-state index in [1.165, 1.54) is 19.3 Å². The first kappa shape index (κ1) is 18.7. The lowest BCUT2D eigenvalue weighted by Crippen LogP contribution is -2.47. The largest absolute Gasteiger partial charge is 0.462 e. The molecule has 4 rings (SSSR count). The molecule has 6 unspecified atom stereocenters. The average molecular weight is 365 g/mol. The summed E-state index contributed by atoms with van der Waals surface area (Å²) in [6.45, 7) is 10.8. The molecule has 0 aromatic rings. The van der Waals surface area contributed by atoms with Gasteiger partial charge in [0, 0.05) is 11.3 Å². The van der Waals surface area contributed by atoms with Crippen molar-refractivity contribution in [2.24, 2.45) is 34.5 Å². The molecule has 2 bridgehead atoms. The molecule has 4 aliphatic rings. The van der Waals surface area contributed by atoms with Crippen molar-refractivity contribution in [3.8, 4) is 0 Å². The third kappa shape index (κ3) is 3.01. The van der Waals surface area contributed by atoms with E-state index in [1.807, 2.05) is 13.8 Å². The Morgan fingerprint density at radius 1 is 1.12 bits per heavy atom. The van der Waals surface area contributed by atoms with E-state index in [2.05, 4.69) is 13.8 Å². The molecule has 148 valence electrons. The van der Waals surface area contributed by atoms with Crippen molar-refractivity contribution in [3.05, 3.63) is 0 Å². The van der Waals surface area contributed by atoms with Crippen LogP contribution in [0.5, 0.6) is 0 Å². The van der Waals surface area contributed by atoms with Crippen LogP contribution in [0.3, 0.4) is 0 Å². The van der Waals surface area contributed by atoms with Crippen molar-refractivity contribution in [2.45, 2.75) is 78.4 Å². The minimum atomic E-state index is -0.370. The van der Waals surface area contributed by atoms with Gasteiger partial charge in [0.15, 0.2) is 0 Å². The van der Waals surface area contributed by atoms with Crippen molar-refractivity contribution >= 4 is 5.97 Å². The minimum Gasteiger partial charge on any atom is -0.462 e. The lowest BCUT2D eigenvalue weighted by Gasteiger charge is -2.42. The summed E-state index contributed by atoms with van der Waals surface area (Å²) in [7, 11) is 0. The molecule has 1 heterocycles. The van der Waals surface area contributed by atoms with Gasteiger partial charge in [-0.25, -0.2) is 0 Å². The van der Waals surface area contributed by atoms with Gasteiger partial charge < -0.3 is 14.2 Å². The Morgan fingerprint density at radius 3 is 2.50 bits per heavy atom. The number of hydrogen-bond acceptors (Lipinski definition) is 4. The molecule has 4 heteroatoms. The first-order valence-corrected chi connectivity index (χ1v) is 10.8. The number of carbonyl (C=O) groups excluding carboxylic acids is 1. The fourth-order valence-corrected chi connectivity index (χ4v) is 5.82. The van der Waals surface area contributed by atoms with Gasteiger partial charge in [-0.3, -0.25) is 4.79 Å². The molecule has 0 amide bonds. The average Bonchev–Trinajstić information content (AvgIpc) is 3.26. The summed E-state index contributed by atoms with van der Waals surface area (Å²) in [4.78, 5) is 12.6. The van der Waals surface area contributed by atoms with Crippen LogP contribution in [-0.2, 0) is 19.0 Å². The second-order valence-corrected chi connectivity index (χ2v) is 10.1. The molecular weight excluding hydrogens is 328 g/mol. The molecule has 0 spiro atoms. The Hall–Kier alpha value is -0.610. The highest BCUT2D eigenvalue weighted by atomic mass is 16.5. The fraction of sp³-hybridized carbons (Fsp3) is 0.955. The van der Waals surface area contributed by atoms with E-state index in [0.717, 1.165) is 50.9 Å². The Kier molecular flexibility index (Phi) is 4.88. The Morgan fingerprint density at radius 2 is 1.88 bits per heavy atom. The Balaban J connectivity index is 1.38. The molecule has 3 aliphatic carbocycles. The van der Waals surface area contributed by atoms with E-state index in [4.69, 9.17) is 14.2 Å². The number of hydrogen-bond donors (Lipinski definition) is 0. The van der Waals surface area contributed by atoms with Crippen molar-refractivity contribution in [2.75, 3.05) is 19.8 Å². The summed E-state index contributed by atoms with van der Waals surface area (Å²) in [5.41, 5.74) is -0.114. The van der Waals surface area contributed by atoms with Crippen LogP contribution in [0.1, 0.15) is 66.2 Å². The fourth-order valence-electron chi connectivity index (χ4n) is 5.82. The maximum Gasteiger partial charge on any atom is 0.311 e. The van der Waals surface area contributed by atoms with Gasteiger partial charge in [0.2, 0.25) is 0 Å². The zero-order valence-corrected chi connectivity index (χ0v) is 17.0. The van der Waals surface area contributed by atoms with Crippen molar-refractivity contribution < 1.29 is 19.0 Å². The molecule has 6 atom stereocenters. The first-order chi connectivity index (χ1) is 12.4. The van der Waals surface area contributed by atoms with Crippen LogP contribution in [0.2, 0.25) is 0 Å². The topological polar surface area (TPSA) is 44.8 Å². The highest BCUT2D eigenvalue weighted by Crippen LogP contribution is 2.60. The van der Waals surface area contributed by atoms with E-state index in [9.17, 15) is 4.79 Å². The highest BCUT2D eigenvalue weighted by molar-refractivity contribution is 5.76. The summed E-state index contributed by atoms with van der Waals surface area (Å²) in [6, 6.07) is 0. The van der Waals surface area contributed by atoms with Gasteiger partial charge in [0.25, 0.3) is 0 Å². The predicted octanol–water partition coefficient (Wildman–Crippen LogP) is 4.21. The second-order valence-electron chi connectivity index (χ2n) is 10.1. The maximum absolute atomic E-state index is 12.6. The van der Waals surface area contributed by atoms with Crippen LogP contribution < -0.4 is 0 Å². The molecule has 0 N–H and O–H groups in total. The molecule has 1 aliphatic heterocycles. The van der Waals surface area contributed by atoms with E-state index < -0.39 is 0 Å². The summed E-state index contributed by atoms with van der Waals surface area (Å²) in [6.07, 6.45) is 7.24. The molecule has 26 heavy (non-hydrogen) atoms. The van der Waals surface area contributed by atoms with Gasteiger partial charge in [0.05, 0.1) is 31.3 Å². The lowest BCUT2D eigenvalue weighted by molar-refractivity contribution is -0.174. The van der Waals surface area contributed by atoms with Crippen molar-refractivity contribution in [1.29, 1.82) is 0 Å². The standard InChI is InChI=1S/C22H36O4/c1-5-21(3,4)20(23)26-18-10-14-9-16(18)19-15(14)7-8-17(19)25-13-22(6-2)11-24-12-22/h14-19H,5-13H2,1-4H3. The van der Waals surface area contributed by atoms with E-state index in [1.54, 1.807) is 0 Å². The molecule has 0 aromatic heterocycles. The smallest absolute Gasteiger partial charge is 0.311 e. The van der Waals surface area contributed by atoms with E-state index >= 15 is 0 Å². The van der Waals surface area contributed by atoms with Crippen LogP contribution >= 0.6 is 0 Å². The molecule has 1 saturated heterocycles. The third-order valence-electron chi connectivity index (χ3n) is 8.26. The number of rotatable bonds is 7. The van der Waals surface area contributed by atoms with Gasteiger partial charge in [0.1, 0.15) is 6.10 Å². The zero-order chi connectivity index (χ0) is 18.5. The zero-order valence-electron chi connectivity index (χ0n) is 17.0. The molecule has 4 nitrogen and oxygen atoms in total. The Labute approximate surface area is 158 Å². The van der Waals surface area contributed by atoms with Crippen molar-refractivity contribution in [1.82, 2.24) is 0 Å². The number of fused-ring (bicyclic) bond motifs is 5.